The van der Waals surface area contributed by atoms with Gasteiger partial charge in [0.05, 0.1) is 4.75 Å². The molecule has 1 rings (SSSR count). The fraction of sp³-hybridized carbons (Fsp3) is 0.833. The second kappa shape index (κ2) is 2.20. The first kappa shape index (κ1) is 8.52. The van der Waals surface area contributed by atoms with E-state index in [2.05, 4.69) is 0 Å². The van der Waals surface area contributed by atoms with Crippen LogP contribution < -0.4 is 4.72 Å². The summed E-state index contributed by atoms with van der Waals surface area (Å²) < 4.78 is 23.7. The zero-order chi connectivity index (χ0) is 8.70. The van der Waals surface area contributed by atoms with Crippen molar-refractivity contribution in [1.82, 2.24) is 4.72 Å². The molecular formula is C6H11NO3S. The minimum atomic E-state index is -3.39. The van der Waals surface area contributed by atoms with Gasteiger partial charge in [0.2, 0.25) is 15.9 Å². The van der Waals surface area contributed by atoms with Crippen molar-refractivity contribution in [3.05, 3.63) is 0 Å². The topological polar surface area (TPSA) is 63.2 Å². The normalized spacial score (nSPS) is 20.9. The van der Waals surface area contributed by atoms with Crippen LogP contribution in [-0.4, -0.2) is 19.1 Å². The lowest BCUT2D eigenvalue weighted by Crippen LogP contribution is -2.36. The van der Waals surface area contributed by atoms with Crippen LogP contribution in [0.4, 0.5) is 0 Å². The lowest BCUT2D eigenvalue weighted by atomic mass is 10.5. The molecule has 0 spiro atoms. The van der Waals surface area contributed by atoms with Crippen LogP contribution in [0.5, 0.6) is 0 Å². The van der Waals surface area contributed by atoms with Crippen molar-refractivity contribution in [1.29, 1.82) is 0 Å². The Balaban J connectivity index is 2.76. The molecule has 1 aliphatic carbocycles. The van der Waals surface area contributed by atoms with E-state index in [1.54, 1.807) is 6.92 Å². The van der Waals surface area contributed by atoms with Crippen molar-refractivity contribution < 1.29 is 13.2 Å². The number of hydrogen-bond donors (Lipinski definition) is 1. The fourth-order valence-corrected chi connectivity index (χ4v) is 2.02. The van der Waals surface area contributed by atoms with Crippen molar-refractivity contribution in [3.63, 3.8) is 0 Å². The van der Waals surface area contributed by atoms with Crippen LogP contribution in [0.2, 0.25) is 0 Å². The van der Waals surface area contributed by atoms with Crippen molar-refractivity contribution in [2.75, 3.05) is 0 Å². The first-order valence-electron chi connectivity index (χ1n) is 3.40. The Kier molecular flexibility index (Phi) is 1.70. The summed E-state index contributed by atoms with van der Waals surface area (Å²) in [6, 6.07) is 0. The second-order valence-electron chi connectivity index (χ2n) is 3.11. The van der Waals surface area contributed by atoms with Crippen LogP contribution in [0.3, 0.4) is 0 Å². The zero-order valence-electron chi connectivity index (χ0n) is 6.55. The van der Waals surface area contributed by atoms with E-state index < -0.39 is 20.7 Å². The molecule has 1 amide bonds. The zero-order valence-corrected chi connectivity index (χ0v) is 7.36. The molecule has 1 saturated carbocycles. The van der Waals surface area contributed by atoms with Gasteiger partial charge in [-0.3, -0.25) is 9.52 Å². The molecule has 1 aliphatic rings. The fourth-order valence-electron chi connectivity index (χ4n) is 0.757. The van der Waals surface area contributed by atoms with Gasteiger partial charge in [-0.1, -0.05) is 0 Å². The summed E-state index contributed by atoms with van der Waals surface area (Å²) in [5.74, 6) is -0.516. The smallest absolute Gasteiger partial charge is 0.240 e. The van der Waals surface area contributed by atoms with E-state index in [9.17, 15) is 13.2 Å². The van der Waals surface area contributed by atoms with Crippen LogP contribution in [0.25, 0.3) is 0 Å². The minimum absolute atomic E-state index is 0.516. The maximum absolute atomic E-state index is 11.2. The van der Waals surface area contributed by atoms with Crippen molar-refractivity contribution in [2.24, 2.45) is 0 Å². The van der Waals surface area contributed by atoms with Crippen LogP contribution in [-0.2, 0) is 14.8 Å². The highest BCUT2D eigenvalue weighted by atomic mass is 32.2. The number of hydrogen-bond acceptors (Lipinski definition) is 3. The summed E-state index contributed by atoms with van der Waals surface area (Å²) in [6.45, 7) is 2.83. The Hall–Kier alpha value is -0.580. The number of amides is 1. The van der Waals surface area contributed by atoms with Crippen molar-refractivity contribution in [3.8, 4) is 0 Å². The van der Waals surface area contributed by atoms with Gasteiger partial charge in [-0.2, -0.15) is 0 Å². The molecule has 1 fully saturated rings. The highest BCUT2D eigenvalue weighted by Crippen LogP contribution is 2.41. The quantitative estimate of drug-likeness (QED) is 0.646. The minimum Gasteiger partial charge on any atom is -0.274 e. The van der Waals surface area contributed by atoms with Gasteiger partial charge < -0.3 is 0 Å². The predicted molar refractivity (Wildman–Crippen MR) is 40.4 cm³/mol. The largest absolute Gasteiger partial charge is 0.274 e. The van der Waals surface area contributed by atoms with Gasteiger partial charge in [0, 0.05) is 6.92 Å². The van der Waals surface area contributed by atoms with Crippen LogP contribution in [0.15, 0.2) is 0 Å². The molecule has 0 saturated heterocycles. The third-order valence-electron chi connectivity index (χ3n) is 1.88. The molecule has 0 unspecified atom stereocenters. The maximum Gasteiger partial charge on any atom is 0.240 e. The predicted octanol–water partition coefficient (Wildman–Crippen LogP) is 0.00480. The lowest BCUT2D eigenvalue weighted by Gasteiger charge is -2.09. The summed E-state index contributed by atoms with van der Waals surface area (Å²) in [5.41, 5.74) is 0. The molecule has 64 valence electrons. The van der Waals surface area contributed by atoms with E-state index in [0.717, 1.165) is 0 Å². The highest BCUT2D eigenvalue weighted by Gasteiger charge is 2.50. The molecule has 0 atom stereocenters. The summed E-state index contributed by atoms with van der Waals surface area (Å²) in [7, 11) is -3.39. The molecule has 0 aromatic heterocycles. The molecule has 0 aliphatic heterocycles. The molecule has 0 aromatic carbocycles. The maximum atomic E-state index is 11.2. The van der Waals surface area contributed by atoms with Crippen LogP contribution >= 0.6 is 0 Å². The van der Waals surface area contributed by atoms with Gasteiger partial charge in [-0.25, -0.2) is 8.42 Å². The van der Waals surface area contributed by atoms with E-state index in [0.29, 0.717) is 12.8 Å². The number of carbonyl (C=O) groups excluding carboxylic acids is 1. The van der Waals surface area contributed by atoms with Crippen LogP contribution in [0.1, 0.15) is 26.7 Å². The molecule has 1 N–H and O–H groups in total. The number of carbonyl (C=O) groups is 1. The highest BCUT2D eigenvalue weighted by molar-refractivity contribution is 7.91. The number of nitrogens with one attached hydrogen (secondary N) is 1. The van der Waals surface area contributed by atoms with E-state index in [1.165, 1.54) is 6.92 Å². The van der Waals surface area contributed by atoms with Gasteiger partial charge >= 0.3 is 0 Å². The van der Waals surface area contributed by atoms with Gasteiger partial charge in [-0.05, 0) is 19.8 Å². The van der Waals surface area contributed by atoms with Crippen molar-refractivity contribution in [2.45, 2.75) is 31.4 Å². The van der Waals surface area contributed by atoms with Crippen molar-refractivity contribution >= 4 is 15.9 Å². The molecule has 0 radical (unpaired) electrons. The van der Waals surface area contributed by atoms with Gasteiger partial charge in [-0.15, -0.1) is 0 Å². The third-order valence-corrected chi connectivity index (χ3v) is 4.14. The Morgan fingerprint density at radius 3 is 2.18 bits per heavy atom. The Morgan fingerprint density at radius 2 is 1.91 bits per heavy atom. The molecule has 0 heterocycles. The van der Waals surface area contributed by atoms with Crippen LogP contribution in [0, 0.1) is 0 Å². The first-order chi connectivity index (χ1) is 4.87. The Bertz CT molecular complexity index is 276. The number of rotatable bonds is 2. The molecule has 0 bridgehead atoms. The number of sulfonamides is 1. The Labute approximate surface area is 66.0 Å². The first-order valence-corrected chi connectivity index (χ1v) is 4.89. The molecule has 5 heteroatoms. The molecule has 4 nitrogen and oxygen atoms in total. The molecule has 11 heavy (non-hydrogen) atoms. The summed E-state index contributed by atoms with van der Waals surface area (Å²) >= 11 is 0. The SMILES string of the molecule is CC(=O)NS(=O)(=O)C1(C)CC1. The van der Waals surface area contributed by atoms with E-state index in [4.69, 9.17) is 0 Å². The van der Waals surface area contributed by atoms with E-state index >= 15 is 0 Å². The third kappa shape index (κ3) is 1.53. The van der Waals surface area contributed by atoms with Gasteiger partial charge in [0.15, 0.2) is 0 Å². The standard InChI is InChI=1S/C6H11NO3S/c1-5(8)7-11(9,10)6(2)3-4-6/h3-4H2,1-2H3,(H,7,8). The average Bonchev–Trinajstić information content (AvgIpc) is 2.44. The second-order valence-corrected chi connectivity index (χ2v) is 5.31. The summed E-state index contributed by atoms with van der Waals surface area (Å²) in [5, 5.41) is 0. The average molecular weight is 177 g/mol. The monoisotopic (exact) mass is 177 g/mol. The van der Waals surface area contributed by atoms with Gasteiger partial charge in [0.25, 0.3) is 0 Å². The Morgan fingerprint density at radius 1 is 1.45 bits per heavy atom. The molecular weight excluding hydrogens is 166 g/mol. The van der Waals surface area contributed by atoms with Gasteiger partial charge in [0.1, 0.15) is 0 Å². The van der Waals surface area contributed by atoms with E-state index in [-0.39, 0.29) is 0 Å². The van der Waals surface area contributed by atoms with E-state index in [1.807, 2.05) is 4.72 Å². The molecule has 0 aromatic rings. The summed E-state index contributed by atoms with van der Waals surface area (Å²) in [6.07, 6.45) is 1.30. The lowest BCUT2D eigenvalue weighted by molar-refractivity contribution is -0.117. The summed E-state index contributed by atoms with van der Waals surface area (Å²) in [4.78, 5) is 10.4.